The van der Waals surface area contributed by atoms with Crippen LogP contribution < -0.4 is 4.74 Å². The van der Waals surface area contributed by atoms with Crippen molar-refractivity contribution >= 4 is 23.2 Å². The fourth-order valence-electron chi connectivity index (χ4n) is 1.47. The molecule has 0 amide bonds. The number of hydrogen-bond donors (Lipinski definition) is 0. The van der Waals surface area contributed by atoms with Gasteiger partial charge >= 0.3 is 0 Å². The smallest absolute Gasteiger partial charge is 0.186 e. The summed E-state index contributed by atoms with van der Waals surface area (Å²) in [6.07, 6.45) is 3.35. The van der Waals surface area contributed by atoms with Gasteiger partial charge in [-0.2, -0.15) is 11.3 Å². The number of thiophene rings is 1. The first kappa shape index (κ1) is 11.6. The van der Waals surface area contributed by atoms with Crippen LogP contribution in [0.4, 0.5) is 0 Å². The van der Waals surface area contributed by atoms with Crippen molar-refractivity contribution in [2.45, 2.75) is 0 Å². The van der Waals surface area contributed by atoms with Gasteiger partial charge in [-0.25, -0.2) is 0 Å². The first-order valence-corrected chi connectivity index (χ1v) is 6.13. The molecule has 0 fully saturated rings. The molecule has 1 aromatic carbocycles. The van der Waals surface area contributed by atoms with E-state index in [1.807, 2.05) is 41.1 Å². The summed E-state index contributed by atoms with van der Waals surface area (Å²) in [7, 11) is 1.62. The van der Waals surface area contributed by atoms with E-state index in [2.05, 4.69) is 0 Å². The first-order chi connectivity index (χ1) is 8.31. The van der Waals surface area contributed by atoms with Crippen LogP contribution in [0.15, 0.2) is 47.2 Å². The third-order valence-corrected chi connectivity index (χ3v) is 3.04. The molecule has 2 rings (SSSR count). The Labute approximate surface area is 104 Å². The fourth-order valence-corrected chi connectivity index (χ4v) is 2.12. The van der Waals surface area contributed by atoms with Gasteiger partial charge in [-0.3, -0.25) is 4.79 Å². The molecule has 0 spiro atoms. The molecule has 2 nitrogen and oxygen atoms in total. The van der Waals surface area contributed by atoms with E-state index in [4.69, 9.17) is 4.74 Å². The van der Waals surface area contributed by atoms with Crippen molar-refractivity contribution in [1.82, 2.24) is 0 Å². The third-order valence-electron chi connectivity index (χ3n) is 2.36. The van der Waals surface area contributed by atoms with Crippen molar-refractivity contribution in [1.29, 1.82) is 0 Å². The van der Waals surface area contributed by atoms with E-state index in [1.165, 1.54) is 11.3 Å². The number of benzene rings is 1. The molecular weight excluding hydrogens is 232 g/mol. The zero-order valence-electron chi connectivity index (χ0n) is 9.42. The monoisotopic (exact) mass is 244 g/mol. The molecule has 0 saturated carbocycles. The van der Waals surface area contributed by atoms with Crippen LogP contribution in [-0.2, 0) is 0 Å². The van der Waals surface area contributed by atoms with Crippen LogP contribution in [0.3, 0.4) is 0 Å². The number of para-hydroxylation sites is 1. The van der Waals surface area contributed by atoms with E-state index >= 15 is 0 Å². The number of methoxy groups -OCH3 is 1. The average Bonchev–Trinajstić information content (AvgIpc) is 2.90. The van der Waals surface area contributed by atoms with E-state index in [-0.39, 0.29) is 5.78 Å². The second kappa shape index (κ2) is 5.46. The van der Waals surface area contributed by atoms with Gasteiger partial charge in [-0.1, -0.05) is 18.2 Å². The minimum absolute atomic E-state index is 0.0113. The average molecular weight is 244 g/mol. The summed E-state index contributed by atoms with van der Waals surface area (Å²) in [4.78, 5) is 11.8. The first-order valence-electron chi connectivity index (χ1n) is 5.19. The zero-order valence-corrected chi connectivity index (χ0v) is 10.2. The second-order valence-electron chi connectivity index (χ2n) is 3.45. The Kier molecular flexibility index (Phi) is 3.73. The second-order valence-corrected chi connectivity index (χ2v) is 4.23. The Balaban J connectivity index is 2.18. The number of hydrogen-bond acceptors (Lipinski definition) is 3. The molecule has 0 aliphatic carbocycles. The SMILES string of the molecule is COc1ccccc1C=CC(=O)c1ccsc1. The maximum Gasteiger partial charge on any atom is 0.186 e. The Hall–Kier alpha value is -1.87. The zero-order chi connectivity index (χ0) is 12.1. The van der Waals surface area contributed by atoms with Gasteiger partial charge in [0.25, 0.3) is 0 Å². The number of carbonyl (C=O) groups is 1. The van der Waals surface area contributed by atoms with Crippen molar-refractivity contribution in [2.75, 3.05) is 7.11 Å². The molecule has 2 aromatic rings. The molecule has 86 valence electrons. The molecule has 0 unspecified atom stereocenters. The Morgan fingerprint density at radius 3 is 2.82 bits per heavy atom. The number of rotatable bonds is 4. The number of carbonyl (C=O) groups excluding carboxylic acids is 1. The summed E-state index contributed by atoms with van der Waals surface area (Å²) < 4.78 is 5.21. The number of allylic oxidation sites excluding steroid dienone is 1. The van der Waals surface area contributed by atoms with Crippen molar-refractivity contribution < 1.29 is 9.53 Å². The highest BCUT2D eigenvalue weighted by molar-refractivity contribution is 7.08. The molecular formula is C14H12O2S. The van der Waals surface area contributed by atoms with Gasteiger partial charge in [-0.05, 0) is 29.7 Å². The molecule has 0 N–H and O–H groups in total. The lowest BCUT2D eigenvalue weighted by Gasteiger charge is -2.02. The van der Waals surface area contributed by atoms with Crippen LogP contribution in [0.25, 0.3) is 6.08 Å². The number of ether oxygens (including phenoxy) is 1. The summed E-state index contributed by atoms with van der Waals surface area (Å²) >= 11 is 1.52. The number of ketones is 1. The van der Waals surface area contributed by atoms with Crippen molar-refractivity contribution in [3.05, 3.63) is 58.3 Å². The minimum Gasteiger partial charge on any atom is -0.496 e. The topological polar surface area (TPSA) is 26.3 Å². The normalized spacial score (nSPS) is 10.6. The van der Waals surface area contributed by atoms with Gasteiger partial charge in [0.1, 0.15) is 5.75 Å². The van der Waals surface area contributed by atoms with Gasteiger partial charge in [-0.15, -0.1) is 0 Å². The lowest BCUT2D eigenvalue weighted by molar-refractivity contribution is 0.104. The molecule has 1 heterocycles. The highest BCUT2D eigenvalue weighted by Gasteiger charge is 2.02. The third kappa shape index (κ3) is 2.82. The maximum atomic E-state index is 11.8. The largest absolute Gasteiger partial charge is 0.496 e. The Morgan fingerprint density at radius 1 is 1.29 bits per heavy atom. The quantitative estimate of drug-likeness (QED) is 0.606. The van der Waals surface area contributed by atoms with E-state index < -0.39 is 0 Å². The van der Waals surface area contributed by atoms with Crippen LogP contribution >= 0.6 is 11.3 Å². The molecule has 0 bridgehead atoms. The Morgan fingerprint density at radius 2 is 2.12 bits per heavy atom. The van der Waals surface area contributed by atoms with Crippen molar-refractivity contribution in [3.63, 3.8) is 0 Å². The predicted molar refractivity (Wildman–Crippen MR) is 70.7 cm³/mol. The van der Waals surface area contributed by atoms with E-state index in [0.29, 0.717) is 0 Å². The van der Waals surface area contributed by atoms with Crippen molar-refractivity contribution in [2.24, 2.45) is 0 Å². The molecule has 0 aliphatic rings. The summed E-state index contributed by atoms with van der Waals surface area (Å²) in [6.45, 7) is 0. The molecule has 17 heavy (non-hydrogen) atoms. The van der Waals surface area contributed by atoms with E-state index in [0.717, 1.165) is 16.9 Å². The summed E-state index contributed by atoms with van der Waals surface area (Å²) in [6, 6.07) is 9.42. The van der Waals surface area contributed by atoms with Crippen LogP contribution in [0.1, 0.15) is 15.9 Å². The van der Waals surface area contributed by atoms with Crippen LogP contribution in [0.5, 0.6) is 5.75 Å². The summed E-state index contributed by atoms with van der Waals surface area (Å²) in [5, 5.41) is 3.74. The van der Waals surface area contributed by atoms with Crippen LogP contribution in [-0.4, -0.2) is 12.9 Å². The molecule has 0 saturated heterocycles. The van der Waals surface area contributed by atoms with E-state index in [9.17, 15) is 4.79 Å². The van der Waals surface area contributed by atoms with Gasteiger partial charge in [0.05, 0.1) is 7.11 Å². The molecule has 0 atom stereocenters. The predicted octanol–water partition coefficient (Wildman–Crippen LogP) is 3.65. The highest BCUT2D eigenvalue weighted by atomic mass is 32.1. The van der Waals surface area contributed by atoms with Gasteiger partial charge in [0.15, 0.2) is 5.78 Å². The highest BCUT2D eigenvalue weighted by Crippen LogP contribution is 2.19. The fraction of sp³-hybridized carbons (Fsp3) is 0.0714. The lowest BCUT2D eigenvalue weighted by atomic mass is 10.1. The lowest BCUT2D eigenvalue weighted by Crippen LogP contribution is -1.91. The molecule has 1 aromatic heterocycles. The van der Waals surface area contributed by atoms with Gasteiger partial charge in [0, 0.05) is 16.5 Å². The minimum atomic E-state index is 0.0113. The molecule has 0 radical (unpaired) electrons. The Bertz CT molecular complexity index is 527. The maximum absolute atomic E-state index is 11.8. The molecule has 3 heteroatoms. The summed E-state index contributed by atoms with van der Waals surface area (Å²) in [5.74, 6) is 0.777. The van der Waals surface area contributed by atoms with Gasteiger partial charge in [0.2, 0.25) is 0 Å². The molecule has 0 aliphatic heterocycles. The van der Waals surface area contributed by atoms with E-state index in [1.54, 1.807) is 19.3 Å². The van der Waals surface area contributed by atoms with Crippen LogP contribution in [0.2, 0.25) is 0 Å². The standard InChI is InChI=1S/C14H12O2S/c1-16-14-5-3-2-4-11(14)6-7-13(15)12-8-9-17-10-12/h2-10H,1H3. The van der Waals surface area contributed by atoms with Crippen molar-refractivity contribution in [3.8, 4) is 5.75 Å². The summed E-state index contributed by atoms with van der Waals surface area (Å²) in [5.41, 5.74) is 1.62. The van der Waals surface area contributed by atoms with Crippen LogP contribution in [0, 0.1) is 0 Å². The van der Waals surface area contributed by atoms with Gasteiger partial charge < -0.3 is 4.74 Å².